The number of ether oxygens (including phenoxy) is 1. The minimum Gasteiger partial charge on any atom is -0.423 e. The van der Waals surface area contributed by atoms with Crippen LogP contribution in [0, 0.1) is 23.5 Å². The summed E-state index contributed by atoms with van der Waals surface area (Å²) in [6, 6.07) is 3.02. The fourth-order valence-corrected chi connectivity index (χ4v) is 4.04. The Balaban J connectivity index is 1.70. The molecule has 0 amide bonds. The van der Waals surface area contributed by atoms with Crippen LogP contribution in [-0.4, -0.2) is 5.97 Å². The summed E-state index contributed by atoms with van der Waals surface area (Å²) in [4.78, 5) is 12.2. The van der Waals surface area contributed by atoms with Gasteiger partial charge in [0.1, 0.15) is 0 Å². The summed E-state index contributed by atoms with van der Waals surface area (Å²) in [5.74, 6) is -2.04. The summed E-state index contributed by atoms with van der Waals surface area (Å²) in [6.07, 6.45) is 8.58. The first-order chi connectivity index (χ1) is 11.6. The van der Waals surface area contributed by atoms with Crippen molar-refractivity contribution in [1.29, 1.82) is 0 Å². The minimum atomic E-state index is -1.02. The molecule has 0 aromatic heterocycles. The van der Waals surface area contributed by atoms with Gasteiger partial charge in [-0.2, -0.15) is 4.39 Å². The first-order valence-corrected chi connectivity index (χ1v) is 9.26. The van der Waals surface area contributed by atoms with Gasteiger partial charge in [-0.1, -0.05) is 32.3 Å². The molecule has 0 saturated heterocycles. The van der Waals surface area contributed by atoms with Crippen LogP contribution in [0.4, 0.5) is 8.78 Å². The van der Waals surface area contributed by atoms with E-state index in [2.05, 4.69) is 6.92 Å². The normalized spacial score (nSPS) is 25.5. The fraction of sp³-hybridized carbons (Fsp3) is 0.650. The van der Waals surface area contributed by atoms with Gasteiger partial charge in [0, 0.05) is 0 Å². The highest BCUT2D eigenvalue weighted by Gasteiger charge is 2.28. The smallest absolute Gasteiger partial charge is 0.314 e. The maximum absolute atomic E-state index is 14.4. The lowest BCUT2D eigenvalue weighted by Crippen LogP contribution is -2.25. The number of esters is 1. The summed E-state index contributed by atoms with van der Waals surface area (Å²) in [5, 5.41) is 0. The van der Waals surface area contributed by atoms with Crippen molar-refractivity contribution >= 4 is 5.97 Å². The zero-order valence-electron chi connectivity index (χ0n) is 14.3. The molecule has 1 aromatic carbocycles. The van der Waals surface area contributed by atoms with Crippen molar-refractivity contribution in [1.82, 2.24) is 0 Å². The molecule has 0 atom stereocenters. The Labute approximate surface area is 142 Å². The number of hydrogen-bond donors (Lipinski definition) is 0. The van der Waals surface area contributed by atoms with Crippen molar-refractivity contribution in [2.24, 2.45) is 11.8 Å². The maximum Gasteiger partial charge on any atom is 0.314 e. The Morgan fingerprint density at radius 2 is 1.62 bits per heavy atom. The van der Waals surface area contributed by atoms with E-state index in [1.807, 2.05) is 0 Å². The van der Waals surface area contributed by atoms with Crippen LogP contribution in [-0.2, 0) is 4.79 Å². The third-order valence-electron chi connectivity index (χ3n) is 5.68. The van der Waals surface area contributed by atoms with Crippen molar-refractivity contribution in [3.8, 4) is 5.75 Å². The Morgan fingerprint density at radius 1 is 0.958 bits per heavy atom. The van der Waals surface area contributed by atoms with Crippen molar-refractivity contribution in [2.75, 3.05) is 0 Å². The standard InChI is InChI=1S/C20H26F2O2/c1-13-7-9-15(10-8-13)20(23)24-17-12-11-16(18(21)19(17)22)14-5-3-2-4-6-14/h11-15H,2-10H2,1H3. The van der Waals surface area contributed by atoms with Crippen LogP contribution >= 0.6 is 0 Å². The van der Waals surface area contributed by atoms with E-state index >= 15 is 0 Å². The molecule has 2 saturated carbocycles. The third kappa shape index (κ3) is 3.79. The highest BCUT2D eigenvalue weighted by Crippen LogP contribution is 2.37. The number of rotatable bonds is 3. The van der Waals surface area contributed by atoms with Crippen LogP contribution < -0.4 is 4.74 Å². The van der Waals surface area contributed by atoms with Crippen molar-refractivity contribution in [2.45, 2.75) is 70.6 Å². The Bertz CT molecular complexity index is 586. The van der Waals surface area contributed by atoms with E-state index in [4.69, 9.17) is 4.74 Å². The molecule has 24 heavy (non-hydrogen) atoms. The SMILES string of the molecule is CC1CCC(C(=O)Oc2ccc(C3CCCCC3)c(F)c2F)CC1. The molecule has 0 N–H and O–H groups in total. The highest BCUT2D eigenvalue weighted by molar-refractivity contribution is 5.75. The van der Waals surface area contributed by atoms with Gasteiger partial charge in [-0.05, 0) is 62.0 Å². The van der Waals surface area contributed by atoms with E-state index in [1.54, 1.807) is 6.07 Å². The van der Waals surface area contributed by atoms with Crippen molar-refractivity contribution in [3.63, 3.8) is 0 Å². The van der Waals surface area contributed by atoms with Gasteiger partial charge in [0.25, 0.3) is 0 Å². The molecule has 3 rings (SSSR count). The predicted molar refractivity (Wildman–Crippen MR) is 88.9 cm³/mol. The van der Waals surface area contributed by atoms with E-state index < -0.39 is 17.6 Å². The minimum absolute atomic E-state index is 0.0813. The molecule has 2 aliphatic rings. The molecule has 0 radical (unpaired) electrons. The van der Waals surface area contributed by atoms with Gasteiger partial charge in [-0.15, -0.1) is 0 Å². The Kier molecular flexibility index (Phi) is 5.52. The highest BCUT2D eigenvalue weighted by atomic mass is 19.2. The third-order valence-corrected chi connectivity index (χ3v) is 5.68. The second-order valence-corrected chi connectivity index (χ2v) is 7.49. The summed E-state index contributed by atoms with van der Waals surface area (Å²) in [6.45, 7) is 2.17. The molecule has 2 fully saturated rings. The Hall–Kier alpha value is -1.45. The lowest BCUT2D eigenvalue weighted by molar-refractivity contribution is -0.140. The molecular weight excluding hydrogens is 310 g/mol. The van der Waals surface area contributed by atoms with Gasteiger partial charge in [-0.25, -0.2) is 4.39 Å². The van der Waals surface area contributed by atoms with Gasteiger partial charge >= 0.3 is 5.97 Å². The average Bonchev–Trinajstić information content (AvgIpc) is 2.60. The maximum atomic E-state index is 14.4. The van der Waals surface area contributed by atoms with Crippen LogP contribution in [0.3, 0.4) is 0 Å². The first kappa shape index (κ1) is 17.4. The fourth-order valence-electron chi connectivity index (χ4n) is 4.04. The van der Waals surface area contributed by atoms with E-state index in [-0.39, 0.29) is 17.6 Å². The molecule has 0 unspecified atom stereocenters. The number of benzene rings is 1. The lowest BCUT2D eigenvalue weighted by Gasteiger charge is -2.25. The van der Waals surface area contributed by atoms with Crippen molar-refractivity contribution in [3.05, 3.63) is 29.3 Å². The van der Waals surface area contributed by atoms with Gasteiger partial charge in [0.15, 0.2) is 11.6 Å². The summed E-state index contributed by atoms with van der Waals surface area (Å²) in [7, 11) is 0. The van der Waals surface area contributed by atoms with E-state index in [0.29, 0.717) is 11.5 Å². The first-order valence-electron chi connectivity index (χ1n) is 9.26. The second kappa shape index (κ2) is 7.62. The topological polar surface area (TPSA) is 26.3 Å². The molecule has 0 bridgehead atoms. The number of carbonyl (C=O) groups excluding carboxylic acids is 1. The molecule has 2 aliphatic carbocycles. The monoisotopic (exact) mass is 336 g/mol. The van der Waals surface area contributed by atoms with E-state index in [0.717, 1.165) is 57.8 Å². The largest absolute Gasteiger partial charge is 0.423 e. The molecule has 4 heteroatoms. The van der Waals surface area contributed by atoms with Crippen LogP contribution in [0.15, 0.2) is 12.1 Å². The lowest BCUT2D eigenvalue weighted by atomic mass is 9.83. The van der Waals surface area contributed by atoms with E-state index in [9.17, 15) is 13.6 Å². The van der Waals surface area contributed by atoms with Gasteiger partial charge < -0.3 is 4.74 Å². The summed E-state index contributed by atoms with van der Waals surface area (Å²) < 4.78 is 34.0. The quantitative estimate of drug-likeness (QED) is 0.519. The van der Waals surface area contributed by atoms with Crippen LogP contribution in [0.1, 0.15) is 76.2 Å². The summed E-state index contributed by atoms with van der Waals surface area (Å²) >= 11 is 0. The van der Waals surface area contributed by atoms with Crippen LogP contribution in [0.2, 0.25) is 0 Å². The second-order valence-electron chi connectivity index (χ2n) is 7.49. The molecule has 1 aromatic rings. The zero-order valence-corrected chi connectivity index (χ0v) is 14.3. The Morgan fingerprint density at radius 3 is 2.29 bits per heavy atom. The van der Waals surface area contributed by atoms with Gasteiger partial charge in [-0.3, -0.25) is 4.79 Å². The van der Waals surface area contributed by atoms with Crippen LogP contribution in [0.5, 0.6) is 5.75 Å². The average molecular weight is 336 g/mol. The van der Waals surface area contributed by atoms with E-state index in [1.165, 1.54) is 6.07 Å². The molecular formula is C20H26F2O2. The molecule has 0 spiro atoms. The number of hydrogen-bond acceptors (Lipinski definition) is 2. The van der Waals surface area contributed by atoms with Gasteiger partial charge in [0.05, 0.1) is 5.92 Å². The summed E-state index contributed by atoms with van der Waals surface area (Å²) in [5.41, 5.74) is 0.429. The van der Waals surface area contributed by atoms with Gasteiger partial charge in [0.2, 0.25) is 5.82 Å². The predicted octanol–water partition coefficient (Wildman–Crippen LogP) is 5.74. The number of halogens is 2. The molecule has 0 aliphatic heterocycles. The van der Waals surface area contributed by atoms with Crippen LogP contribution in [0.25, 0.3) is 0 Å². The number of carbonyl (C=O) groups is 1. The van der Waals surface area contributed by atoms with Crippen molar-refractivity contribution < 1.29 is 18.3 Å². The molecule has 132 valence electrons. The molecule has 0 heterocycles. The molecule has 2 nitrogen and oxygen atoms in total. The zero-order chi connectivity index (χ0) is 17.1.